The Balaban J connectivity index is 2.25. The number of benzene rings is 1. The van der Waals surface area contributed by atoms with E-state index >= 15 is 0 Å². The zero-order valence-corrected chi connectivity index (χ0v) is 13.1. The van der Waals surface area contributed by atoms with E-state index in [1.165, 1.54) is 11.1 Å². The molecule has 3 nitrogen and oxygen atoms in total. The number of aliphatic hydroxyl groups excluding tert-OH is 1. The van der Waals surface area contributed by atoms with Gasteiger partial charge in [0, 0.05) is 13.0 Å². The average Bonchev–Trinajstić information content (AvgIpc) is 2.68. The fourth-order valence-electron chi connectivity index (χ4n) is 2.46. The maximum atomic E-state index is 10.4. The lowest BCUT2D eigenvalue weighted by Gasteiger charge is -2.14. The molecular weight excluding hydrogens is 304 g/mol. The third-order valence-corrected chi connectivity index (χ3v) is 3.77. The van der Waals surface area contributed by atoms with E-state index < -0.39 is 6.10 Å². The van der Waals surface area contributed by atoms with E-state index in [0.29, 0.717) is 6.42 Å². The van der Waals surface area contributed by atoms with E-state index in [0.717, 1.165) is 22.3 Å². The van der Waals surface area contributed by atoms with E-state index in [-0.39, 0.29) is 0 Å². The summed E-state index contributed by atoms with van der Waals surface area (Å²) < 4.78 is 2.70. The summed E-state index contributed by atoms with van der Waals surface area (Å²) in [6, 6.07) is 6.38. The maximum Gasteiger partial charge on any atom is 0.101 e. The number of aryl methyl sites for hydroxylation is 3. The van der Waals surface area contributed by atoms with Crippen molar-refractivity contribution < 1.29 is 5.11 Å². The van der Waals surface area contributed by atoms with E-state index in [4.69, 9.17) is 0 Å². The highest BCUT2D eigenvalue weighted by Gasteiger charge is 2.17. The van der Waals surface area contributed by atoms with Crippen LogP contribution in [0.2, 0.25) is 0 Å². The monoisotopic (exact) mass is 322 g/mol. The van der Waals surface area contributed by atoms with Gasteiger partial charge in [-0.25, -0.2) is 0 Å². The highest BCUT2D eigenvalue weighted by atomic mass is 79.9. The van der Waals surface area contributed by atoms with Crippen molar-refractivity contribution in [1.29, 1.82) is 0 Å². The highest BCUT2D eigenvalue weighted by Crippen LogP contribution is 2.26. The molecule has 0 aliphatic heterocycles. The predicted octanol–water partition coefficient (Wildman–Crippen LogP) is 3.56. The molecule has 0 aliphatic carbocycles. The summed E-state index contributed by atoms with van der Waals surface area (Å²) in [6.45, 7) is 6.93. The van der Waals surface area contributed by atoms with Gasteiger partial charge in [0.15, 0.2) is 0 Å². The molecule has 1 aromatic carbocycles. The lowest BCUT2D eigenvalue weighted by Crippen LogP contribution is -2.11. The van der Waals surface area contributed by atoms with Crippen LogP contribution in [0.1, 0.15) is 35.4 Å². The third-order valence-electron chi connectivity index (χ3n) is 3.16. The third kappa shape index (κ3) is 3.25. The van der Waals surface area contributed by atoms with Gasteiger partial charge in [0.1, 0.15) is 6.10 Å². The molecule has 2 aromatic rings. The summed E-state index contributed by atoms with van der Waals surface area (Å²) in [5.74, 6) is 0. The molecule has 0 aliphatic rings. The minimum absolute atomic E-state index is 0.543. The number of hydrogen-bond donors (Lipinski definition) is 1. The molecule has 4 heteroatoms. The van der Waals surface area contributed by atoms with Gasteiger partial charge in [-0.2, -0.15) is 5.10 Å². The lowest BCUT2D eigenvalue weighted by atomic mass is 10.0. The fraction of sp³-hybridized carbons (Fsp3) is 0.400. The Kier molecular flexibility index (Phi) is 4.42. The van der Waals surface area contributed by atoms with Crippen molar-refractivity contribution in [2.75, 3.05) is 0 Å². The van der Waals surface area contributed by atoms with Gasteiger partial charge >= 0.3 is 0 Å². The van der Waals surface area contributed by atoms with E-state index in [9.17, 15) is 5.11 Å². The molecule has 0 spiro atoms. The van der Waals surface area contributed by atoms with Gasteiger partial charge in [-0.05, 0) is 42.3 Å². The standard InChI is InChI=1S/C15H19BrN2O/c1-4-18-15(13(16)9-17-18)14(19)8-12-6-10(2)5-11(3)7-12/h5-7,9,14,19H,4,8H2,1-3H3. The Morgan fingerprint density at radius 3 is 2.47 bits per heavy atom. The first-order chi connectivity index (χ1) is 9.01. The summed E-state index contributed by atoms with van der Waals surface area (Å²) in [4.78, 5) is 0. The zero-order valence-electron chi connectivity index (χ0n) is 11.5. The van der Waals surface area contributed by atoms with Gasteiger partial charge in [-0.3, -0.25) is 4.68 Å². The predicted molar refractivity (Wildman–Crippen MR) is 80.2 cm³/mol. The number of hydrogen-bond acceptors (Lipinski definition) is 2. The summed E-state index contributed by atoms with van der Waals surface area (Å²) in [5.41, 5.74) is 4.46. The molecule has 1 N–H and O–H groups in total. The molecule has 0 saturated heterocycles. The number of nitrogens with zero attached hydrogens (tertiary/aromatic N) is 2. The van der Waals surface area contributed by atoms with Crippen molar-refractivity contribution in [3.8, 4) is 0 Å². The second-order valence-electron chi connectivity index (χ2n) is 4.91. The van der Waals surface area contributed by atoms with E-state index in [1.54, 1.807) is 6.20 Å². The van der Waals surface area contributed by atoms with Gasteiger partial charge in [0.25, 0.3) is 0 Å². The van der Waals surface area contributed by atoms with E-state index in [1.807, 2.05) is 11.6 Å². The quantitative estimate of drug-likeness (QED) is 0.934. The zero-order chi connectivity index (χ0) is 14.0. The SMILES string of the molecule is CCn1ncc(Br)c1C(O)Cc1cc(C)cc(C)c1. The second-order valence-corrected chi connectivity index (χ2v) is 5.76. The molecule has 19 heavy (non-hydrogen) atoms. The summed E-state index contributed by atoms with van der Waals surface area (Å²) in [5, 5.41) is 14.7. The van der Waals surface area contributed by atoms with Crippen molar-refractivity contribution in [1.82, 2.24) is 9.78 Å². The smallest absolute Gasteiger partial charge is 0.101 e. The van der Waals surface area contributed by atoms with Crippen LogP contribution < -0.4 is 0 Å². The molecule has 1 aromatic heterocycles. The van der Waals surface area contributed by atoms with Crippen LogP contribution in [0.5, 0.6) is 0 Å². The summed E-state index contributed by atoms with van der Waals surface area (Å²) >= 11 is 3.46. The molecule has 0 bridgehead atoms. The first kappa shape index (κ1) is 14.3. The molecule has 1 heterocycles. The van der Waals surface area contributed by atoms with Gasteiger partial charge in [-0.1, -0.05) is 29.3 Å². The van der Waals surface area contributed by atoms with Crippen LogP contribution in [0.3, 0.4) is 0 Å². The van der Waals surface area contributed by atoms with Crippen LogP contribution in [-0.2, 0) is 13.0 Å². The minimum Gasteiger partial charge on any atom is -0.386 e. The Hall–Kier alpha value is -1.13. The Morgan fingerprint density at radius 1 is 1.26 bits per heavy atom. The van der Waals surface area contributed by atoms with Crippen molar-refractivity contribution in [2.24, 2.45) is 0 Å². The van der Waals surface area contributed by atoms with Crippen LogP contribution in [-0.4, -0.2) is 14.9 Å². The topological polar surface area (TPSA) is 38.0 Å². The van der Waals surface area contributed by atoms with Crippen molar-refractivity contribution in [2.45, 2.75) is 39.8 Å². The first-order valence-electron chi connectivity index (χ1n) is 6.47. The normalized spacial score (nSPS) is 12.7. The highest BCUT2D eigenvalue weighted by molar-refractivity contribution is 9.10. The first-order valence-corrected chi connectivity index (χ1v) is 7.27. The Labute approximate surface area is 122 Å². The molecule has 0 saturated carbocycles. The Morgan fingerprint density at radius 2 is 1.89 bits per heavy atom. The van der Waals surface area contributed by atoms with Crippen molar-refractivity contribution >= 4 is 15.9 Å². The van der Waals surface area contributed by atoms with Crippen LogP contribution in [0.25, 0.3) is 0 Å². The molecular formula is C15H19BrN2O. The van der Waals surface area contributed by atoms with Crippen LogP contribution in [0.4, 0.5) is 0 Å². The summed E-state index contributed by atoms with van der Waals surface area (Å²) in [7, 11) is 0. The van der Waals surface area contributed by atoms with Gasteiger partial charge in [0.05, 0.1) is 16.4 Å². The minimum atomic E-state index is -0.543. The van der Waals surface area contributed by atoms with Crippen LogP contribution in [0, 0.1) is 13.8 Å². The van der Waals surface area contributed by atoms with Crippen LogP contribution in [0.15, 0.2) is 28.9 Å². The lowest BCUT2D eigenvalue weighted by molar-refractivity contribution is 0.166. The number of rotatable bonds is 4. The van der Waals surface area contributed by atoms with Crippen molar-refractivity contribution in [3.63, 3.8) is 0 Å². The molecule has 0 radical (unpaired) electrons. The number of halogens is 1. The maximum absolute atomic E-state index is 10.4. The second kappa shape index (κ2) is 5.88. The fourth-order valence-corrected chi connectivity index (χ4v) is 3.02. The largest absolute Gasteiger partial charge is 0.386 e. The molecule has 2 rings (SSSR count). The molecule has 1 unspecified atom stereocenters. The number of aliphatic hydroxyl groups is 1. The van der Waals surface area contributed by atoms with Crippen molar-refractivity contribution in [3.05, 3.63) is 51.3 Å². The summed E-state index contributed by atoms with van der Waals surface area (Å²) in [6.07, 6.45) is 1.80. The van der Waals surface area contributed by atoms with Gasteiger partial charge < -0.3 is 5.11 Å². The molecule has 1 atom stereocenters. The Bertz CT molecular complexity index is 557. The van der Waals surface area contributed by atoms with Crippen LogP contribution >= 0.6 is 15.9 Å². The van der Waals surface area contributed by atoms with Gasteiger partial charge in [0.2, 0.25) is 0 Å². The number of aromatic nitrogens is 2. The molecule has 0 amide bonds. The molecule has 0 fully saturated rings. The van der Waals surface area contributed by atoms with E-state index in [2.05, 4.69) is 53.1 Å². The average molecular weight is 323 g/mol. The van der Waals surface area contributed by atoms with Gasteiger partial charge in [-0.15, -0.1) is 0 Å². The molecule has 102 valence electrons.